The average molecular weight is 577 g/mol. The van der Waals surface area contributed by atoms with E-state index in [9.17, 15) is 9.59 Å². The number of fused-ring (bicyclic) bond motifs is 1. The molecule has 0 bridgehead atoms. The van der Waals surface area contributed by atoms with Crippen LogP contribution in [-0.4, -0.2) is 33.9 Å². The summed E-state index contributed by atoms with van der Waals surface area (Å²) in [5.41, 5.74) is 7.94. The number of hydrogen-bond donors (Lipinski definition) is 1. The highest BCUT2D eigenvalue weighted by Crippen LogP contribution is 2.48. The van der Waals surface area contributed by atoms with E-state index < -0.39 is 0 Å². The second-order valence-electron chi connectivity index (χ2n) is 10.5. The van der Waals surface area contributed by atoms with E-state index in [2.05, 4.69) is 56.4 Å². The number of aryl methyl sites for hydroxylation is 2. The van der Waals surface area contributed by atoms with Crippen LogP contribution in [0.5, 0.6) is 0 Å². The van der Waals surface area contributed by atoms with Gasteiger partial charge in [-0.25, -0.2) is 4.68 Å². The highest BCUT2D eigenvalue weighted by Gasteiger charge is 2.38. The second kappa shape index (κ2) is 11.7. The first-order valence-electron chi connectivity index (χ1n) is 13.9. The summed E-state index contributed by atoms with van der Waals surface area (Å²) in [5.74, 6) is 1.07. The Morgan fingerprint density at radius 2 is 1.81 bits per heavy atom. The summed E-state index contributed by atoms with van der Waals surface area (Å²) in [6, 6.07) is 28.1. The van der Waals surface area contributed by atoms with Gasteiger partial charge in [-0.05, 0) is 55.7 Å². The number of benzene rings is 3. The van der Waals surface area contributed by atoms with Gasteiger partial charge >= 0.3 is 0 Å². The van der Waals surface area contributed by atoms with Gasteiger partial charge in [-0.2, -0.15) is 5.10 Å². The number of rotatable bonds is 7. The summed E-state index contributed by atoms with van der Waals surface area (Å²) in [5, 5.41) is 7.95. The Balaban J connectivity index is 1.57. The van der Waals surface area contributed by atoms with Gasteiger partial charge in [0.25, 0.3) is 0 Å². The van der Waals surface area contributed by atoms with Gasteiger partial charge in [0.2, 0.25) is 11.8 Å². The van der Waals surface area contributed by atoms with Crippen molar-refractivity contribution >= 4 is 29.4 Å². The summed E-state index contributed by atoms with van der Waals surface area (Å²) in [6.45, 7) is 6.30. The summed E-state index contributed by atoms with van der Waals surface area (Å²) in [4.78, 5) is 28.9. The topological polar surface area (TPSA) is 80.4 Å². The molecule has 0 spiro atoms. The zero-order valence-corrected chi connectivity index (χ0v) is 24.7. The number of nitrogens with one attached hydrogen (secondary N) is 1. The molecule has 212 valence electrons. The lowest BCUT2D eigenvalue weighted by atomic mass is 9.98. The molecule has 42 heavy (non-hydrogen) atoms. The molecular weight excluding hydrogens is 544 g/mol. The van der Waals surface area contributed by atoms with Crippen molar-refractivity contribution in [2.75, 3.05) is 17.2 Å². The Morgan fingerprint density at radius 1 is 1.00 bits per heavy atom. The van der Waals surface area contributed by atoms with Crippen LogP contribution in [0.15, 0.2) is 95.6 Å². The Hall–Kier alpha value is -4.56. The minimum absolute atomic E-state index is 0.140. The van der Waals surface area contributed by atoms with Gasteiger partial charge in [-0.3, -0.25) is 14.5 Å². The van der Waals surface area contributed by atoms with E-state index >= 15 is 0 Å². The number of nitrogens with zero attached hydrogens (tertiary/aromatic N) is 3. The summed E-state index contributed by atoms with van der Waals surface area (Å²) < 4.78 is 7.25. The van der Waals surface area contributed by atoms with Crippen LogP contribution in [0.1, 0.15) is 38.8 Å². The van der Waals surface area contributed by atoms with Gasteiger partial charge in [-0.15, -0.1) is 11.8 Å². The summed E-state index contributed by atoms with van der Waals surface area (Å²) in [7, 11) is 0. The summed E-state index contributed by atoms with van der Waals surface area (Å²) in [6.07, 6.45) is 1.57. The van der Waals surface area contributed by atoms with Gasteiger partial charge in [0.1, 0.15) is 18.1 Å². The van der Waals surface area contributed by atoms with Crippen LogP contribution in [-0.2, 0) is 16.1 Å². The number of carbonyl (C=O) groups is 2. The quantitative estimate of drug-likeness (QED) is 0.238. The van der Waals surface area contributed by atoms with Gasteiger partial charge in [0, 0.05) is 11.1 Å². The number of furan rings is 1. The van der Waals surface area contributed by atoms with E-state index in [0.29, 0.717) is 11.6 Å². The lowest BCUT2D eigenvalue weighted by molar-refractivity contribution is -0.123. The molecule has 3 aromatic carbocycles. The highest BCUT2D eigenvalue weighted by molar-refractivity contribution is 8.00. The first-order valence-corrected chi connectivity index (χ1v) is 15.0. The molecule has 5 aromatic rings. The normalized spacial score (nSPS) is 14.9. The van der Waals surface area contributed by atoms with E-state index in [1.165, 1.54) is 0 Å². The van der Waals surface area contributed by atoms with Gasteiger partial charge in [-0.1, -0.05) is 72.3 Å². The van der Waals surface area contributed by atoms with Crippen molar-refractivity contribution in [2.24, 2.45) is 0 Å². The molecule has 0 saturated heterocycles. The first-order chi connectivity index (χ1) is 20.4. The minimum Gasteiger partial charge on any atom is -0.467 e. The number of hydrogen-bond acceptors (Lipinski definition) is 5. The molecule has 2 aromatic heterocycles. The molecule has 0 radical (unpaired) electrons. The van der Waals surface area contributed by atoms with E-state index in [4.69, 9.17) is 9.52 Å². The maximum Gasteiger partial charge on any atom is 0.240 e. The van der Waals surface area contributed by atoms with Crippen molar-refractivity contribution in [2.45, 2.75) is 32.6 Å². The molecule has 3 heterocycles. The van der Waals surface area contributed by atoms with Crippen molar-refractivity contribution in [1.82, 2.24) is 15.1 Å². The van der Waals surface area contributed by atoms with Gasteiger partial charge in [0.15, 0.2) is 0 Å². The molecule has 8 heteroatoms. The van der Waals surface area contributed by atoms with Crippen LogP contribution >= 0.6 is 11.8 Å². The molecule has 2 amide bonds. The third-order valence-corrected chi connectivity index (χ3v) is 8.88. The van der Waals surface area contributed by atoms with E-state index in [-0.39, 0.29) is 35.9 Å². The molecule has 1 N–H and O–H groups in total. The van der Waals surface area contributed by atoms with Crippen molar-refractivity contribution in [3.63, 3.8) is 0 Å². The van der Waals surface area contributed by atoms with Crippen LogP contribution in [0.2, 0.25) is 0 Å². The maximum atomic E-state index is 13.9. The zero-order chi connectivity index (χ0) is 29.2. The monoisotopic (exact) mass is 576 g/mol. The smallest absolute Gasteiger partial charge is 0.240 e. The highest BCUT2D eigenvalue weighted by atomic mass is 32.2. The molecule has 0 aliphatic carbocycles. The predicted molar refractivity (Wildman–Crippen MR) is 167 cm³/mol. The fourth-order valence-electron chi connectivity index (χ4n) is 5.36. The number of anilines is 1. The molecule has 0 saturated carbocycles. The van der Waals surface area contributed by atoms with Gasteiger partial charge in [0.05, 0.1) is 35.2 Å². The van der Waals surface area contributed by atoms with Crippen LogP contribution in [0.3, 0.4) is 0 Å². The fraction of sp³-hybridized carbons (Fsp3) is 0.206. The lowest BCUT2D eigenvalue weighted by Gasteiger charge is -2.24. The molecule has 0 fully saturated rings. The third-order valence-electron chi connectivity index (χ3n) is 7.63. The molecule has 6 rings (SSSR count). The van der Waals surface area contributed by atoms with Crippen molar-refractivity contribution < 1.29 is 14.0 Å². The number of amides is 2. The molecular formula is C34H32N4O3S. The zero-order valence-electron chi connectivity index (χ0n) is 23.8. The Kier molecular flexibility index (Phi) is 7.71. The van der Waals surface area contributed by atoms with Crippen molar-refractivity contribution in [3.05, 3.63) is 125 Å². The van der Waals surface area contributed by atoms with Crippen molar-refractivity contribution in [3.8, 4) is 16.9 Å². The number of aromatic nitrogens is 2. The lowest BCUT2D eigenvalue weighted by Crippen LogP contribution is -2.42. The predicted octanol–water partition coefficient (Wildman–Crippen LogP) is 6.54. The molecule has 7 nitrogen and oxygen atoms in total. The van der Waals surface area contributed by atoms with E-state index in [1.54, 1.807) is 35.1 Å². The Morgan fingerprint density at radius 3 is 2.57 bits per heavy atom. The fourth-order valence-corrected chi connectivity index (χ4v) is 6.54. The number of thioether (sulfide) groups is 1. The molecule has 1 atom stereocenters. The SMILES string of the molecule is Cc1cccc(C2SCC(=O)N(CC(=O)NCc3ccco3)c3c2c(-c2ccccc2)nn3-c2cccc(C)c2C)c1. The molecule has 1 aliphatic heterocycles. The van der Waals surface area contributed by atoms with Crippen molar-refractivity contribution in [1.29, 1.82) is 0 Å². The Bertz CT molecular complexity index is 1740. The standard InChI is InChI=1S/C34H32N4O3S/c1-22-10-7-14-26(18-22)33-31-32(25-12-5-4-6-13-25)36-38(28-16-8-11-23(2)24(28)3)34(31)37(30(40)21-42-33)20-29(39)35-19-27-15-9-17-41-27/h4-18,33H,19-21H2,1-3H3,(H,35,39). The van der Waals surface area contributed by atoms with E-state index in [1.807, 2.05) is 47.1 Å². The maximum absolute atomic E-state index is 13.9. The average Bonchev–Trinajstić information content (AvgIpc) is 3.63. The Labute approximate surface area is 249 Å². The van der Waals surface area contributed by atoms with Crippen LogP contribution in [0, 0.1) is 20.8 Å². The first kappa shape index (κ1) is 27.6. The van der Waals surface area contributed by atoms with Gasteiger partial charge < -0.3 is 9.73 Å². The van der Waals surface area contributed by atoms with Crippen LogP contribution in [0.4, 0.5) is 5.82 Å². The van der Waals surface area contributed by atoms with Crippen LogP contribution in [0.25, 0.3) is 16.9 Å². The van der Waals surface area contributed by atoms with Crippen LogP contribution < -0.4 is 10.2 Å². The largest absolute Gasteiger partial charge is 0.467 e. The molecule has 1 aliphatic rings. The third kappa shape index (κ3) is 5.37. The molecule has 1 unspecified atom stereocenters. The van der Waals surface area contributed by atoms with E-state index in [0.717, 1.165) is 44.8 Å². The summed E-state index contributed by atoms with van der Waals surface area (Å²) >= 11 is 1.57. The number of carbonyl (C=O) groups excluding carboxylic acids is 2. The second-order valence-corrected chi connectivity index (χ2v) is 11.6. The minimum atomic E-state index is -0.278.